The number of imidazole rings is 1. The zero-order valence-corrected chi connectivity index (χ0v) is 11.7. The molecule has 1 aliphatic carbocycles. The zero-order valence-electron chi connectivity index (χ0n) is 11.7. The van der Waals surface area contributed by atoms with Crippen LogP contribution in [-0.2, 0) is 17.7 Å². The van der Waals surface area contributed by atoms with Crippen molar-refractivity contribution in [3.05, 3.63) is 29.6 Å². The molecule has 2 aromatic rings. The van der Waals surface area contributed by atoms with Gasteiger partial charge in [-0.25, -0.2) is 4.98 Å². The van der Waals surface area contributed by atoms with Crippen molar-refractivity contribution >= 4 is 11.0 Å². The molecule has 0 bridgehead atoms. The second-order valence-electron chi connectivity index (χ2n) is 6.00. The van der Waals surface area contributed by atoms with Crippen LogP contribution in [0, 0.1) is 0 Å². The van der Waals surface area contributed by atoms with Gasteiger partial charge in [-0.15, -0.1) is 0 Å². The number of nitrogens with two attached hydrogens (primary N) is 1. The summed E-state index contributed by atoms with van der Waals surface area (Å²) in [7, 11) is 0. The summed E-state index contributed by atoms with van der Waals surface area (Å²) in [6, 6.07) is 7.09. The normalized spacial score (nSPS) is 22.8. The lowest BCUT2D eigenvalue weighted by Crippen LogP contribution is -2.13. The van der Waals surface area contributed by atoms with Crippen LogP contribution in [0.2, 0.25) is 0 Å². The first-order chi connectivity index (χ1) is 9.85. The van der Waals surface area contributed by atoms with Crippen LogP contribution in [-0.4, -0.2) is 22.3 Å². The van der Waals surface area contributed by atoms with E-state index in [9.17, 15) is 0 Å². The maximum atomic E-state index is 5.78. The molecule has 20 heavy (non-hydrogen) atoms. The first-order valence-corrected chi connectivity index (χ1v) is 7.66. The number of benzene rings is 1. The Labute approximate surface area is 118 Å². The molecule has 2 fully saturated rings. The van der Waals surface area contributed by atoms with E-state index in [1.54, 1.807) is 0 Å². The molecule has 1 unspecified atom stereocenters. The van der Waals surface area contributed by atoms with Crippen LogP contribution in [0.15, 0.2) is 18.2 Å². The number of rotatable bonds is 4. The fraction of sp³-hybridized carbons (Fsp3) is 0.562. The first kappa shape index (κ1) is 12.4. The highest BCUT2D eigenvalue weighted by Crippen LogP contribution is 2.39. The second kappa shape index (κ2) is 4.86. The van der Waals surface area contributed by atoms with Crippen LogP contribution in [0.3, 0.4) is 0 Å². The SMILES string of the molecule is NCc1ccc2c(c1)nc(CC1CCCO1)n2C1CC1. The molecular weight excluding hydrogens is 250 g/mol. The number of hydrogen-bond donors (Lipinski definition) is 1. The predicted molar refractivity (Wildman–Crippen MR) is 78.6 cm³/mol. The fourth-order valence-corrected chi connectivity index (χ4v) is 3.21. The third kappa shape index (κ3) is 2.13. The van der Waals surface area contributed by atoms with Crippen molar-refractivity contribution in [2.75, 3.05) is 6.61 Å². The van der Waals surface area contributed by atoms with Crippen molar-refractivity contribution in [3.63, 3.8) is 0 Å². The third-order valence-electron chi connectivity index (χ3n) is 4.41. The van der Waals surface area contributed by atoms with E-state index in [1.807, 2.05) is 0 Å². The summed E-state index contributed by atoms with van der Waals surface area (Å²) < 4.78 is 8.22. The highest BCUT2D eigenvalue weighted by molar-refractivity contribution is 5.77. The molecular formula is C16H21N3O. The lowest BCUT2D eigenvalue weighted by atomic mass is 10.2. The summed E-state index contributed by atoms with van der Waals surface area (Å²) >= 11 is 0. The lowest BCUT2D eigenvalue weighted by Gasteiger charge is -2.11. The van der Waals surface area contributed by atoms with Gasteiger partial charge in [0.15, 0.2) is 0 Å². The van der Waals surface area contributed by atoms with Crippen molar-refractivity contribution in [2.24, 2.45) is 5.73 Å². The number of ether oxygens (including phenoxy) is 1. The molecule has 0 radical (unpaired) electrons. The van der Waals surface area contributed by atoms with E-state index in [0.717, 1.165) is 24.1 Å². The standard InChI is InChI=1S/C16H21N3O/c17-10-11-3-6-15-14(8-11)18-16(19(15)12-4-5-12)9-13-2-1-7-20-13/h3,6,8,12-13H,1-2,4-5,7,9-10,17H2. The molecule has 0 spiro atoms. The van der Waals surface area contributed by atoms with Crippen molar-refractivity contribution in [1.82, 2.24) is 9.55 Å². The molecule has 2 heterocycles. The zero-order chi connectivity index (χ0) is 13.5. The van der Waals surface area contributed by atoms with Gasteiger partial charge < -0.3 is 15.0 Å². The minimum Gasteiger partial charge on any atom is -0.378 e. The van der Waals surface area contributed by atoms with Crippen molar-refractivity contribution in [1.29, 1.82) is 0 Å². The van der Waals surface area contributed by atoms with E-state index in [2.05, 4.69) is 22.8 Å². The Morgan fingerprint density at radius 1 is 1.30 bits per heavy atom. The number of fused-ring (bicyclic) bond motifs is 1. The van der Waals surface area contributed by atoms with E-state index in [4.69, 9.17) is 15.5 Å². The summed E-state index contributed by atoms with van der Waals surface area (Å²) in [5, 5.41) is 0. The van der Waals surface area contributed by atoms with Crippen molar-refractivity contribution in [2.45, 2.75) is 50.8 Å². The molecule has 1 aromatic carbocycles. The second-order valence-corrected chi connectivity index (χ2v) is 6.00. The Bertz CT molecular complexity index is 624. The molecule has 106 valence electrons. The van der Waals surface area contributed by atoms with Crippen LogP contribution in [0.5, 0.6) is 0 Å². The molecule has 1 saturated carbocycles. The van der Waals surface area contributed by atoms with E-state index >= 15 is 0 Å². The number of hydrogen-bond acceptors (Lipinski definition) is 3. The van der Waals surface area contributed by atoms with Gasteiger partial charge in [-0.3, -0.25) is 0 Å². The molecule has 0 amide bonds. The van der Waals surface area contributed by atoms with Gasteiger partial charge in [-0.05, 0) is 43.4 Å². The van der Waals surface area contributed by atoms with Gasteiger partial charge in [0.05, 0.1) is 17.1 Å². The lowest BCUT2D eigenvalue weighted by molar-refractivity contribution is 0.109. The molecule has 1 saturated heterocycles. The predicted octanol–water partition coefficient (Wildman–Crippen LogP) is 2.55. The smallest absolute Gasteiger partial charge is 0.112 e. The quantitative estimate of drug-likeness (QED) is 0.929. The highest BCUT2D eigenvalue weighted by Gasteiger charge is 2.29. The Balaban J connectivity index is 1.75. The topological polar surface area (TPSA) is 53.1 Å². The van der Waals surface area contributed by atoms with Crippen molar-refractivity contribution < 1.29 is 4.74 Å². The Morgan fingerprint density at radius 2 is 2.20 bits per heavy atom. The van der Waals surface area contributed by atoms with E-state index in [1.165, 1.54) is 37.0 Å². The van der Waals surface area contributed by atoms with Gasteiger partial charge in [0.25, 0.3) is 0 Å². The minimum absolute atomic E-state index is 0.360. The monoisotopic (exact) mass is 271 g/mol. The summed E-state index contributed by atoms with van der Waals surface area (Å²) in [6.45, 7) is 1.49. The van der Waals surface area contributed by atoms with Gasteiger partial charge in [-0.1, -0.05) is 6.07 Å². The fourth-order valence-electron chi connectivity index (χ4n) is 3.21. The van der Waals surface area contributed by atoms with Gasteiger partial charge in [0.1, 0.15) is 5.82 Å². The molecule has 2 aliphatic rings. The Hall–Kier alpha value is -1.39. The molecule has 1 aromatic heterocycles. The van der Waals surface area contributed by atoms with Gasteiger partial charge in [0, 0.05) is 25.6 Å². The van der Waals surface area contributed by atoms with Crippen LogP contribution in [0.4, 0.5) is 0 Å². The average molecular weight is 271 g/mol. The van der Waals surface area contributed by atoms with Crippen LogP contribution < -0.4 is 5.73 Å². The van der Waals surface area contributed by atoms with Crippen LogP contribution >= 0.6 is 0 Å². The van der Waals surface area contributed by atoms with Crippen LogP contribution in [0.1, 0.15) is 43.1 Å². The van der Waals surface area contributed by atoms with E-state index < -0.39 is 0 Å². The Morgan fingerprint density at radius 3 is 2.90 bits per heavy atom. The van der Waals surface area contributed by atoms with Crippen molar-refractivity contribution in [3.8, 4) is 0 Å². The van der Waals surface area contributed by atoms with Crippen LogP contribution in [0.25, 0.3) is 11.0 Å². The summed E-state index contributed by atoms with van der Waals surface area (Å²) in [5.41, 5.74) is 9.24. The summed E-state index contributed by atoms with van der Waals surface area (Å²) in [5.74, 6) is 1.20. The minimum atomic E-state index is 0.360. The largest absolute Gasteiger partial charge is 0.378 e. The first-order valence-electron chi connectivity index (χ1n) is 7.66. The van der Waals surface area contributed by atoms with E-state index in [0.29, 0.717) is 18.7 Å². The number of nitrogens with zero attached hydrogens (tertiary/aromatic N) is 2. The molecule has 4 nitrogen and oxygen atoms in total. The maximum absolute atomic E-state index is 5.78. The average Bonchev–Trinajstić information content (AvgIpc) is 3.05. The number of aromatic nitrogens is 2. The van der Waals surface area contributed by atoms with E-state index in [-0.39, 0.29) is 0 Å². The molecule has 2 N–H and O–H groups in total. The van der Waals surface area contributed by atoms with Gasteiger partial charge in [-0.2, -0.15) is 0 Å². The molecule has 1 aliphatic heterocycles. The van der Waals surface area contributed by atoms with Gasteiger partial charge in [0.2, 0.25) is 0 Å². The highest BCUT2D eigenvalue weighted by atomic mass is 16.5. The molecule has 4 rings (SSSR count). The summed E-state index contributed by atoms with van der Waals surface area (Å²) in [6.07, 6.45) is 6.22. The Kier molecular flexibility index (Phi) is 3.00. The molecule has 4 heteroatoms. The third-order valence-corrected chi connectivity index (χ3v) is 4.41. The van der Waals surface area contributed by atoms with Gasteiger partial charge >= 0.3 is 0 Å². The molecule has 1 atom stereocenters. The summed E-state index contributed by atoms with van der Waals surface area (Å²) in [4.78, 5) is 4.87. The maximum Gasteiger partial charge on any atom is 0.112 e.